The highest BCUT2D eigenvalue weighted by Gasteiger charge is 2.41. The van der Waals surface area contributed by atoms with E-state index in [-0.39, 0.29) is 31.7 Å². The first-order valence-electron chi connectivity index (χ1n) is 7.20. The molecule has 0 amide bonds. The molecule has 0 bridgehead atoms. The van der Waals surface area contributed by atoms with Gasteiger partial charge in [-0.1, -0.05) is 0 Å². The zero-order valence-electron chi connectivity index (χ0n) is 12.4. The predicted molar refractivity (Wildman–Crippen MR) is 77.0 cm³/mol. The van der Waals surface area contributed by atoms with Crippen molar-refractivity contribution in [1.29, 1.82) is 0 Å². The number of anilines is 1. The summed E-state index contributed by atoms with van der Waals surface area (Å²) in [7, 11) is 1.35. The number of aromatic nitrogens is 2. The van der Waals surface area contributed by atoms with Crippen LogP contribution < -0.4 is 9.64 Å². The average Bonchev–Trinajstić information content (AvgIpc) is 2.53. The van der Waals surface area contributed by atoms with E-state index >= 15 is 0 Å². The molecule has 1 aromatic carbocycles. The van der Waals surface area contributed by atoms with Crippen molar-refractivity contribution in [2.24, 2.45) is 5.92 Å². The van der Waals surface area contributed by atoms with Crippen LogP contribution in [0.2, 0.25) is 0 Å². The average molecular weight is 329 g/mol. The number of rotatable bonds is 2. The van der Waals surface area contributed by atoms with Crippen LogP contribution in [-0.4, -0.2) is 36.3 Å². The van der Waals surface area contributed by atoms with E-state index in [1.54, 1.807) is 4.90 Å². The lowest BCUT2D eigenvalue weighted by Gasteiger charge is -2.34. The zero-order chi connectivity index (χ0) is 16.6. The maximum Gasteiger partial charge on any atom is 0.391 e. The minimum Gasteiger partial charge on any atom is -0.494 e. The van der Waals surface area contributed by atoms with Crippen molar-refractivity contribution in [3.05, 3.63) is 24.3 Å². The Hall–Kier alpha value is -2.12. The lowest BCUT2D eigenvalue weighted by molar-refractivity contribution is -0.179. The minimum atomic E-state index is -4.16. The second-order valence-corrected chi connectivity index (χ2v) is 5.50. The van der Waals surface area contributed by atoms with Crippen LogP contribution in [0, 0.1) is 11.7 Å². The van der Waals surface area contributed by atoms with Crippen molar-refractivity contribution in [2.45, 2.75) is 19.0 Å². The molecule has 1 saturated heterocycles. The lowest BCUT2D eigenvalue weighted by atomic mass is 9.96. The number of hydrogen-bond acceptors (Lipinski definition) is 4. The van der Waals surface area contributed by atoms with E-state index in [0.717, 1.165) is 0 Å². The monoisotopic (exact) mass is 329 g/mol. The molecule has 0 atom stereocenters. The van der Waals surface area contributed by atoms with Gasteiger partial charge in [-0.05, 0) is 18.9 Å². The van der Waals surface area contributed by atoms with Crippen LogP contribution >= 0.6 is 0 Å². The van der Waals surface area contributed by atoms with Crippen LogP contribution in [-0.2, 0) is 0 Å². The van der Waals surface area contributed by atoms with Gasteiger partial charge >= 0.3 is 6.18 Å². The Bertz CT molecular complexity index is 712. The molecule has 0 aliphatic carbocycles. The highest BCUT2D eigenvalue weighted by molar-refractivity contribution is 5.90. The Kier molecular flexibility index (Phi) is 3.99. The van der Waals surface area contributed by atoms with E-state index in [9.17, 15) is 17.6 Å². The van der Waals surface area contributed by atoms with E-state index < -0.39 is 17.9 Å². The molecule has 0 N–H and O–H groups in total. The smallest absolute Gasteiger partial charge is 0.391 e. The highest BCUT2D eigenvalue weighted by Crippen LogP contribution is 2.36. The first-order valence-corrected chi connectivity index (χ1v) is 7.20. The van der Waals surface area contributed by atoms with Crippen LogP contribution in [0.25, 0.3) is 10.9 Å². The van der Waals surface area contributed by atoms with Gasteiger partial charge < -0.3 is 9.64 Å². The molecule has 8 heteroatoms. The van der Waals surface area contributed by atoms with Crippen molar-refractivity contribution >= 4 is 16.7 Å². The molecule has 1 fully saturated rings. The molecule has 0 spiro atoms. The molecule has 1 aliphatic heterocycles. The molecule has 1 aliphatic rings. The number of halogens is 4. The molecule has 0 radical (unpaired) electrons. The summed E-state index contributed by atoms with van der Waals surface area (Å²) < 4.78 is 57.0. The highest BCUT2D eigenvalue weighted by atomic mass is 19.4. The van der Waals surface area contributed by atoms with Crippen LogP contribution in [0.4, 0.5) is 23.4 Å². The molecule has 23 heavy (non-hydrogen) atoms. The summed E-state index contributed by atoms with van der Waals surface area (Å²) in [6.45, 7) is 0.492. The third-order valence-corrected chi connectivity index (χ3v) is 4.15. The molecule has 1 aromatic heterocycles. The van der Waals surface area contributed by atoms with E-state index in [4.69, 9.17) is 4.74 Å². The Balaban J connectivity index is 1.92. The van der Waals surface area contributed by atoms with Crippen LogP contribution in [0.15, 0.2) is 18.5 Å². The second kappa shape index (κ2) is 5.82. The van der Waals surface area contributed by atoms with E-state index in [2.05, 4.69) is 9.97 Å². The fraction of sp³-hybridized carbons (Fsp3) is 0.467. The summed E-state index contributed by atoms with van der Waals surface area (Å²) in [6, 6.07) is 2.72. The largest absolute Gasteiger partial charge is 0.494 e. The zero-order valence-corrected chi connectivity index (χ0v) is 12.4. The number of ether oxygens (including phenoxy) is 1. The van der Waals surface area contributed by atoms with Crippen LogP contribution in [0.1, 0.15) is 12.8 Å². The number of methoxy groups -OCH3 is 1. The van der Waals surface area contributed by atoms with Gasteiger partial charge in [0.15, 0.2) is 11.6 Å². The van der Waals surface area contributed by atoms with E-state index in [1.807, 2.05) is 0 Å². The summed E-state index contributed by atoms with van der Waals surface area (Å²) in [5.74, 6) is -1.26. The van der Waals surface area contributed by atoms with Crippen molar-refractivity contribution in [3.8, 4) is 5.75 Å². The van der Waals surface area contributed by atoms with Gasteiger partial charge in [-0.15, -0.1) is 0 Å². The van der Waals surface area contributed by atoms with Gasteiger partial charge in [0.2, 0.25) is 0 Å². The topological polar surface area (TPSA) is 38.2 Å². The molecule has 2 heterocycles. The fourth-order valence-electron chi connectivity index (χ4n) is 2.87. The van der Waals surface area contributed by atoms with Gasteiger partial charge in [-0.2, -0.15) is 13.2 Å². The molecule has 4 nitrogen and oxygen atoms in total. The number of alkyl halides is 3. The predicted octanol–water partition coefficient (Wildman–Crippen LogP) is 3.56. The lowest BCUT2D eigenvalue weighted by Crippen LogP contribution is -2.39. The minimum absolute atomic E-state index is 0.0212. The Labute approximate surface area is 130 Å². The van der Waals surface area contributed by atoms with Gasteiger partial charge in [0, 0.05) is 24.5 Å². The number of piperidine rings is 1. The van der Waals surface area contributed by atoms with Crippen molar-refractivity contribution in [3.63, 3.8) is 0 Å². The molecular formula is C15H15F4N3O. The van der Waals surface area contributed by atoms with Gasteiger partial charge in [0.05, 0.1) is 18.5 Å². The normalized spacial score (nSPS) is 16.8. The summed E-state index contributed by atoms with van der Waals surface area (Å²) in [5.41, 5.74) is 0.395. The first-order chi connectivity index (χ1) is 10.9. The fourth-order valence-corrected chi connectivity index (χ4v) is 2.87. The third-order valence-electron chi connectivity index (χ3n) is 4.15. The number of hydrogen-bond donors (Lipinski definition) is 0. The van der Waals surface area contributed by atoms with Crippen LogP contribution in [0.3, 0.4) is 0 Å². The van der Waals surface area contributed by atoms with Crippen LogP contribution in [0.5, 0.6) is 5.75 Å². The maximum absolute atomic E-state index is 13.8. The van der Waals surface area contributed by atoms with Gasteiger partial charge in [-0.25, -0.2) is 14.4 Å². The number of benzene rings is 1. The maximum atomic E-state index is 13.8. The third kappa shape index (κ3) is 3.02. The SMILES string of the molecule is COc1cc2c(N3CCC(C(F)(F)F)CC3)ncnc2cc1F. The number of nitrogens with zero attached hydrogens (tertiary/aromatic N) is 3. The standard InChI is InChI=1S/C15H15F4N3O/c1-23-13-6-10-12(7-11(13)16)20-8-21-14(10)22-4-2-9(3-5-22)15(17,18)19/h6-9H,2-5H2,1H3. The molecular weight excluding hydrogens is 314 g/mol. The van der Waals surface area contributed by atoms with Crippen molar-refractivity contribution in [1.82, 2.24) is 9.97 Å². The Morgan fingerprint density at radius 3 is 2.48 bits per heavy atom. The summed E-state index contributed by atoms with van der Waals surface area (Å²) in [5, 5.41) is 0.566. The Morgan fingerprint density at radius 2 is 1.87 bits per heavy atom. The molecule has 0 saturated carbocycles. The molecule has 2 aromatic rings. The van der Waals surface area contributed by atoms with Gasteiger partial charge in [0.1, 0.15) is 12.1 Å². The molecule has 124 valence electrons. The summed E-state index contributed by atoms with van der Waals surface area (Å²) in [6.07, 6.45) is -2.83. The molecule has 3 rings (SSSR count). The summed E-state index contributed by atoms with van der Waals surface area (Å²) in [4.78, 5) is 9.97. The van der Waals surface area contributed by atoms with E-state index in [0.29, 0.717) is 16.7 Å². The van der Waals surface area contributed by atoms with Gasteiger partial charge in [-0.3, -0.25) is 0 Å². The quantitative estimate of drug-likeness (QED) is 0.790. The van der Waals surface area contributed by atoms with Crippen molar-refractivity contribution < 1.29 is 22.3 Å². The Morgan fingerprint density at radius 1 is 1.17 bits per heavy atom. The van der Waals surface area contributed by atoms with E-state index in [1.165, 1.54) is 25.6 Å². The van der Waals surface area contributed by atoms with Gasteiger partial charge in [0.25, 0.3) is 0 Å². The first kappa shape index (κ1) is 15.8. The number of fused-ring (bicyclic) bond motifs is 1. The summed E-state index contributed by atoms with van der Waals surface area (Å²) >= 11 is 0. The second-order valence-electron chi connectivity index (χ2n) is 5.50. The van der Waals surface area contributed by atoms with Crippen molar-refractivity contribution in [2.75, 3.05) is 25.1 Å². The molecule has 0 unspecified atom stereocenters.